The van der Waals surface area contributed by atoms with Crippen LogP contribution in [-0.2, 0) is 0 Å². The summed E-state index contributed by atoms with van der Waals surface area (Å²) in [4.78, 5) is 0. The van der Waals surface area contributed by atoms with E-state index in [0.717, 1.165) is 19.1 Å². The molecule has 0 aromatic heterocycles. The van der Waals surface area contributed by atoms with Gasteiger partial charge in [-0.2, -0.15) is 0 Å². The van der Waals surface area contributed by atoms with Gasteiger partial charge in [-0.15, -0.1) is 0 Å². The quantitative estimate of drug-likeness (QED) is 0.582. The van der Waals surface area contributed by atoms with E-state index in [4.69, 9.17) is 10.2 Å². The molecule has 0 saturated carbocycles. The van der Waals surface area contributed by atoms with Crippen LogP contribution in [0.15, 0.2) is 24.3 Å². The van der Waals surface area contributed by atoms with E-state index in [0.29, 0.717) is 0 Å². The molecule has 0 aliphatic heterocycles. The molecule has 12 heavy (non-hydrogen) atoms. The zero-order valence-electron chi connectivity index (χ0n) is 6.54. The molecule has 0 aromatic rings. The molecule has 4 heteroatoms. The van der Waals surface area contributed by atoms with Crippen molar-refractivity contribution < 1.29 is 19.0 Å². The van der Waals surface area contributed by atoms with Gasteiger partial charge in [0.2, 0.25) is 11.5 Å². The van der Waals surface area contributed by atoms with E-state index in [1.54, 1.807) is 0 Å². The predicted molar refractivity (Wildman–Crippen MR) is 39.9 cm³/mol. The van der Waals surface area contributed by atoms with Gasteiger partial charge in [0.1, 0.15) is 0 Å². The second kappa shape index (κ2) is 2.64. The van der Waals surface area contributed by atoms with Gasteiger partial charge in [-0.05, 0) is 19.1 Å². The Labute approximate surface area is 68.8 Å². The fraction of sp³-hybridized carbons (Fsp3) is 0.500. The van der Waals surface area contributed by atoms with Crippen molar-refractivity contribution in [3.05, 3.63) is 24.3 Å². The first-order valence-corrected chi connectivity index (χ1v) is 3.52. The molecule has 2 atom stereocenters. The molecule has 0 aromatic carbocycles. The molecule has 68 valence electrons. The molecule has 2 nitrogen and oxygen atoms in total. The van der Waals surface area contributed by atoms with Crippen molar-refractivity contribution >= 4 is 0 Å². The van der Waals surface area contributed by atoms with Gasteiger partial charge in [0.05, 0.1) is 0 Å². The van der Waals surface area contributed by atoms with Crippen molar-refractivity contribution in [3.63, 3.8) is 0 Å². The third kappa shape index (κ3) is 1.28. The van der Waals surface area contributed by atoms with Crippen molar-refractivity contribution in [2.75, 3.05) is 0 Å². The van der Waals surface area contributed by atoms with Crippen LogP contribution in [0.2, 0.25) is 0 Å². The summed E-state index contributed by atoms with van der Waals surface area (Å²) in [5.74, 6) is -2.70. The van der Waals surface area contributed by atoms with E-state index >= 15 is 0 Å². The maximum atomic E-state index is 13.5. The van der Waals surface area contributed by atoms with Crippen LogP contribution < -0.4 is 0 Å². The minimum Gasteiger partial charge on any atom is -0.363 e. The van der Waals surface area contributed by atoms with E-state index < -0.39 is 17.6 Å². The number of allylic oxidation sites excluding steroid dienone is 3. The van der Waals surface area contributed by atoms with Crippen LogP contribution in [0.5, 0.6) is 0 Å². The first-order valence-electron chi connectivity index (χ1n) is 3.52. The second-order valence-electron chi connectivity index (χ2n) is 2.93. The van der Waals surface area contributed by atoms with Crippen molar-refractivity contribution in [3.8, 4) is 0 Å². The Morgan fingerprint density at radius 2 is 2.00 bits per heavy atom. The molecule has 0 radical (unpaired) electrons. The van der Waals surface area contributed by atoms with Gasteiger partial charge < -0.3 is 10.2 Å². The Balaban J connectivity index is 2.99. The van der Waals surface area contributed by atoms with Gasteiger partial charge >= 0.3 is 0 Å². The SMILES string of the molecule is CC(O)(O)C1(F)C=CC=CC1F. The molecular formula is C8H10F2O2. The molecule has 0 amide bonds. The van der Waals surface area contributed by atoms with Crippen LogP contribution in [0.4, 0.5) is 8.78 Å². The summed E-state index contributed by atoms with van der Waals surface area (Å²) in [7, 11) is 0. The summed E-state index contributed by atoms with van der Waals surface area (Å²) in [6, 6.07) is 0. The molecule has 1 aliphatic carbocycles. The molecule has 0 heterocycles. The Morgan fingerprint density at radius 1 is 1.42 bits per heavy atom. The molecule has 2 unspecified atom stereocenters. The van der Waals surface area contributed by atoms with Crippen molar-refractivity contribution in [1.29, 1.82) is 0 Å². The van der Waals surface area contributed by atoms with Gasteiger partial charge in [-0.25, -0.2) is 8.78 Å². The van der Waals surface area contributed by atoms with Gasteiger partial charge in [-0.1, -0.05) is 12.2 Å². The average Bonchev–Trinajstić information content (AvgIpc) is 1.93. The Morgan fingerprint density at radius 3 is 2.33 bits per heavy atom. The number of aliphatic hydroxyl groups is 2. The Hall–Kier alpha value is -0.740. The molecule has 1 rings (SSSR count). The number of alkyl halides is 2. The number of halogens is 2. The van der Waals surface area contributed by atoms with Crippen molar-refractivity contribution in [1.82, 2.24) is 0 Å². The van der Waals surface area contributed by atoms with E-state index in [1.165, 1.54) is 12.2 Å². The molecule has 1 aliphatic rings. The summed E-state index contributed by atoms with van der Waals surface area (Å²) in [6.45, 7) is 0.809. The number of rotatable bonds is 1. The topological polar surface area (TPSA) is 40.5 Å². The summed E-state index contributed by atoms with van der Waals surface area (Å²) in [6.07, 6.45) is 2.26. The summed E-state index contributed by atoms with van der Waals surface area (Å²) in [5.41, 5.74) is -2.75. The van der Waals surface area contributed by atoms with Crippen LogP contribution in [0.3, 0.4) is 0 Å². The lowest BCUT2D eigenvalue weighted by Crippen LogP contribution is -2.53. The monoisotopic (exact) mass is 176 g/mol. The molecule has 0 saturated heterocycles. The summed E-state index contributed by atoms with van der Waals surface area (Å²) in [5, 5.41) is 17.9. The first-order chi connectivity index (χ1) is 5.38. The van der Waals surface area contributed by atoms with Gasteiger partial charge in [0.15, 0.2) is 6.17 Å². The molecule has 2 N–H and O–H groups in total. The van der Waals surface area contributed by atoms with Crippen LogP contribution >= 0.6 is 0 Å². The van der Waals surface area contributed by atoms with E-state index in [1.807, 2.05) is 0 Å². The van der Waals surface area contributed by atoms with Crippen LogP contribution in [-0.4, -0.2) is 27.8 Å². The lowest BCUT2D eigenvalue weighted by atomic mass is 9.88. The maximum Gasteiger partial charge on any atom is 0.216 e. The minimum atomic E-state index is -2.75. The van der Waals surface area contributed by atoms with Crippen molar-refractivity contribution in [2.24, 2.45) is 0 Å². The van der Waals surface area contributed by atoms with Crippen molar-refractivity contribution in [2.45, 2.75) is 24.6 Å². The van der Waals surface area contributed by atoms with Gasteiger partial charge in [0.25, 0.3) is 0 Å². The van der Waals surface area contributed by atoms with Crippen LogP contribution in [0.25, 0.3) is 0 Å². The normalized spacial score (nSPS) is 35.6. The summed E-state index contributed by atoms with van der Waals surface area (Å²) >= 11 is 0. The fourth-order valence-corrected chi connectivity index (χ4v) is 1.01. The lowest BCUT2D eigenvalue weighted by Gasteiger charge is -2.34. The number of hydrogen-bond donors (Lipinski definition) is 2. The third-order valence-corrected chi connectivity index (χ3v) is 1.86. The molecule has 0 fully saturated rings. The van der Waals surface area contributed by atoms with Crippen LogP contribution in [0, 0.1) is 0 Å². The Kier molecular flexibility index (Phi) is 2.06. The van der Waals surface area contributed by atoms with Crippen LogP contribution in [0.1, 0.15) is 6.92 Å². The average molecular weight is 176 g/mol. The second-order valence-corrected chi connectivity index (χ2v) is 2.93. The highest BCUT2D eigenvalue weighted by Gasteiger charge is 2.51. The van der Waals surface area contributed by atoms with Gasteiger partial charge in [-0.3, -0.25) is 0 Å². The third-order valence-electron chi connectivity index (χ3n) is 1.86. The zero-order chi connectivity index (χ0) is 9.41. The number of hydrogen-bond acceptors (Lipinski definition) is 2. The Bertz CT molecular complexity index is 230. The van der Waals surface area contributed by atoms with E-state index in [2.05, 4.69) is 0 Å². The molecule has 0 spiro atoms. The largest absolute Gasteiger partial charge is 0.363 e. The zero-order valence-corrected chi connectivity index (χ0v) is 6.54. The van der Waals surface area contributed by atoms with E-state index in [9.17, 15) is 8.78 Å². The van der Waals surface area contributed by atoms with Gasteiger partial charge in [0, 0.05) is 0 Å². The highest BCUT2D eigenvalue weighted by Crippen LogP contribution is 2.34. The summed E-state index contributed by atoms with van der Waals surface area (Å²) < 4.78 is 26.4. The first kappa shape index (κ1) is 9.35. The molecule has 0 bridgehead atoms. The predicted octanol–water partition coefficient (Wildman–Crippen LogP) is 0.860. The minimum absolute atomic E-state index is 0.803. The lowest BCUT2D eigenvalue weighted by molar-refractivity contribution is -0.231. The van der Waals surface area contributed by atoms with E-state index in [-0.39, 0.29) is 0 Å². The highest BCUT2D eigenvalue weighted by molar-refractivity contribution is 5.25. The highest BCUT2D eigenvalue weighted by atomic mass is 19.2. The maximum absolute atomic E-state index is 13.5. The fourth-order valence-electron chi connectivity index (χ4n) is 1.01. The smallest absolute Gasteiger partial charge is 0.216 e. The standard InChI is InChI=1S/C8H10F2O2/c1-7(11,12)8(10)5-3-2-4-6(8)9/h2-6,11-12H,1H3. The molecular weight excluding hydrogens is 166 g/mol.